The highest BCUT2D eigenvalue weighted by atomic mass is 79.9. The van der Waals surface area contributed by atoms with Crippen molar-refractivity contribution in [3.8, 4) is 17.2 Å². The van der Waals surface area contributed by atoms with Crippen LogP contribution in [0.25, 0.3) is 22.6 Å². The Morgan fingerprint density at radius 1 is 1.11 bits per heavy atom. The molecule has 0 saturated carbocycles. The molecule has 1 aromatic heterocycles. The topological polar surface area (TPSA) is 64.4 Å². The Balaban J connectivity index is 1.48. The summed E-state index contributed by atoms with van der Waals surface area (Å²) in [6, 6.07) is 20.7. The summed E-state index contributed by atoms with van der Waals surface area (Å²) in [7, 11) is 0. The second-order valence-corrected chi connectivity index (χ2v) is 7.14. The molecular formula is C22H17BrN2O3. The number of aryl methyl sites for hydroxylation is 1. The number of nitrogens with zero attached hydrogens (tertiary/aromatic N) is 1. The van der Waals surface area contributed by atoms with Crippen LogP contribution in [0.15, 0.2) is 75.6 Å². The number of fused-ring (bicyclic) bond motifs is 1. The van der Waals surface area contributed by atoms with E-state index in [0.29, 0.717) is 28.4 Å². The lowest BCUT2D eigenvalue weighted by atomic mass is 10.2. The molecule has 0 radical (unpaired) electrons. The molecule has 4 rings (SSSR count). The van der Waals surface area contributed by atoms with Crippen molar-refractivity contribution in [2.24, 2.45) is 0 Å². The fourth-order valence-corrected chi connectivity index (χ4v) is 3.27. The number of benzene rings is 3. The first-order valence-electron chi connectivity index (χ1n) is 8.74. The summed E-state index contributed by atoms with van der Waals surface area (Å²) in [5.41, 5.74) is 3.82. The number of halogens is 1. The third-order valence-electron chi connectivity index (χ3n) is 4.23. The first kappa shape index (κ1) is 18.3. The van der Waals surface area contributed by atoms with Crippen molar-refractivity contribution in [2.75, 3.05) is 11.9 Å². The lowest BCUT2D eigenvalue weighted by Gasteiger charge is -2.09. The normalized spacial score (nSPS) is 10.8. The summed E-state index contributed by atoms with van der Waals surface area (Å²) in [6.45, 7) is 1.87. The number of anilines is 1. The van der Waals surface area contributed by atoms with E-state index in [2.05, 4.69) is 26.2 Å². The smallest absolute Gasteiger partial charge is 0.262 e. The average Bonchev–Trinajstić information content (AvgIpc) is 3.11. The molecule has 0 aliphatic heterocycles. The summed E-state index contributed by atoms with van der Waals surface area (Å²) in [4.78, 5) is 16.8. The maximum Gasteiger partial charge on any atom is 0.262 e. The monoisotopic (exact) mass is 436 g/mol. The Morgan fingerprint density at radius 2 is 1.89 bits per heavy atom. The maximum absolute atomic E-state index is 12.2. The van der Waals surface area contributed by atoms with Gasteiger partial charge < -0.3 is 14.5 Å². The quantitative estimate of drug-likeness (QED) is 0.443. The summed E-state index contributed by atoms with van der Waals surface area (Å²) in [5, 5.41) is 2.83. The van der Waals surface area contributed by atoms with Gasteiger partial charge in [0.2, 0.25) is 5.89 Å². The molecule has 4 aromatic rings. The minimum atomic E-state index is -0.239. The molecule has 0 unspecified atom stereocenters. The second-order valence-electron chi connectivity index (χ2n) is 6.28. The molecule has 1 amide bonds. The third kappa shape index (κ3) is 3.92. The number of hydrogen-bond donors (Lipinski definition) is 1. The molecule has 6 heteroatoms. The Bertz CT molecular complexity index is 1150. The number of oxazole rings is 1. The molecular weight excluding hydrogens is 420 g/mol. The van der Waals surface area contributed by atoms with Crippen LogP contribution in [0.1, 0.15) is 5.56 Å². The van der Waals surface area contributed by atoms with Gasteiger partial charge in [-0.1, -0.05) is 30.3 Å². The van der Waals surface area contributed by atoms with Crippen LogP contribution in [0.4, 0.5) is 5.69 Å². The van der Waals surface area contributed by atoms with Crippen LogP contribution in [-0.4, -0.2) is 17.5 Å². The Kier molecular flexibility index (Phi) is 5.12. The number of rotatable bonds is 5. The molecule has 3 aromatic carbocycles. The number of hydrogen-bond acceptors (Lipinski definition) is 4. The number of para-hydroxylation sites is 1. The van der Waals surface area contributed by atoms with E-state index in [9.17, 15) is 4.79 Å². The highest BCUT2D eigenvalue weighted by Crippen LogP contribution is 2.30. The van der Waals surface area contributed by atoms with Gasteiger partial charge >= 0.3 is 0 Å². The largest absolute Gasteiger partial charge is 0.483 e. The van der Waals surface area contributed by atoms with Gasteiger partial charge in [0.25, 0.3) is 5.91 Å². The summed E-state index contributed by atoms with van der Waals surface area (Å²) in [5.74, 6) is 0.980. The predicted octanol–water partition coefficient (Wildman–Crippen LogP) is 5.58. The number of carbonyl (C=O) groups excluding carboxylic acids is 1. The van der Waals surface area contributed by atoms with Crippen LogP contribution in [0.2, 0.25) is 0 Å². The van der Waals surface area contributed by atoms with Crippen molar-refractivity contribution in [1.29, 1.82) is 0 Å². The summed E-state index contributed by atoms with van der Waals surface area (Å²) < 4.78 is 12.3. The van der Waals surface area contributed by atoms with Gasteiger partial charge in [-0.2, -0.15) is 0 Å². The van der Waals surface area contributed by atoms with E-state index < -0.39 is 0 Å². The van der Waals surface area contributed by atoms with Crippen LogP contribution in [-0.2, 0) is 4.79 Å². The number of nitrogens with one attached hydrogen (secondary N) is 1. The van der Waals surface area contributed by atoms with Crippen LogP contribution >= 0.6 is 15.9 Å². The molecule has 5 nitrogen and oxygen atoms in total. The third-order valence-corrected chi connectivity index (χ3v) is 4.92. The number of carbonyl (C=O) groups is 1. The molecule has 1 heterocycles. The SMILES string of the molecule is Cc1ccccc1OCC(=O)Nc1ccc2oc(-c3ccccc3Br)nc2c1. The van der Waals surface area contributed by atoms with Gasteiger partial charge in [0, 0.05) is 10.2 Å². The molecule has 0 spiro atoms. The Hall–Kier alpha value is -3.12. The molecule has 0 bridgehead atoms. The Labute approximate surface area is 170 Å². The van der Waals surface area contributed by atoms with Gasteiger partial charge in [0.1, 0.15) is 11.3 Å². The lowest BCUT2D eigenvalue weighted by molar-refractivity contribution is -0.118. The first-order chi connectivity index (χ1) is 13.6. The van der Waals surface area contributed by atoms with Crippen molar-refractivity contribution in [3.05, 3.63) is 76.8 Å². The highest BCUT2D eigenvalue weighted by Gasteiger charge is 2.12. The minimum absolute atomic E-state index is 0.0656. The lowest BCUT2D eigenvalue weighted by Crippen LogP contribution is -2.20. The van der Waals surface area contributed by atoms with Gasteiger partial charge in [0.15, 0.2) is 12.2 Å². The molecule has 0 saturated heterocycles. The molecule has 0 aliphatic carbocycles. The van der Waals surface area contributed by atoms with E-state index in [1.807, 2.05) is 55.5 Å². The first-order valence-corrected chi connectivity index (χ1v) is 9.53. The molecule has 140 valence electrons. The highest BCUT2D eigenvalue weighted by molar-refractivity contribution is 9.10. The number of amides is 1. The van der Waals surface area contributed by atoms with E-state index in [0.717, 1.165) is 15.6 Å². The Morgan fingerprint density at radius 3 is 2.71 bits per heavy atom. The zero-order valence-electron chi connectivity index (χ0n) is 15.1. The maximum atomic E-state index is 12.2. The van der Waals surface area contributed by atoms with Gasteiger partial charge in [-0.25, -0.2) is 4.98 Å². The van der Waals surface area contributed by atoms with Crippen LogP contribution in [0.5, 0.6) is 5.75 Å². The van der Waals surface area contributed by atoms with Crippen molar-refractivity contribution in [3.63, 3.8) is 0 Å². The van der Waals surface area contributed by atoms with Crippen LogP contribution in [0.3, 0.4) is 0 Å². The standard InChI is InChI=1S/C22H17BrN2O3/c1-14-6-2-5-9-19(14)27-13-21(26)24-15-10-11-20-18(12-15)25-22(28-20)16-7-3-4-8-17(16)23/h2-12H,13H2,1H3,(H,24,26). The fourth-order valence-electron chi connectivity index (χ4n) is 2.81. The average molecular weight is 437 g/mol. The van der Waals surface area contributed by atoms with E-state index in [1.54, 1.807) is 18.2 Å². The van der Waals surface area contributed by atoms with E-state index in [-0.39, 0.29) is 12.5 Å². The fraction of sp³-hybridized carbons (Fsp3) is 0.0909. The summed E-state index contributed by atoms with van der Waals surface area (Å²) in [6.07, 6.45) is 0. The van der Waals surface area contributed by atoms with Gasteiger partial charge in [-0.05, 0) is 64.8 Å². The van der Waals surface area contributed by atoms with Crippen LogP contribution < -0.4 is 10.1 Å². The van der Waals surface area contributed by atoms with Gasteiger partial charge in [-0.3, -0.25) is 4.79 Å². The number of aromatic nitrogens is 1. The molecule has 0 fully saturated rings. The van der Waals surface area contributed by atoms with Crippen molar-refractivity contribution in [2.45, 2.75) is 6.92 Å². The van der Waals surface area contributed by atoms with Crippen molar-refractivity contribution in [1.82, 2.24) is 4.98 Å². The zero-order valence-corrected chi connectivity index (χ0v) is 16.7. The van der Waals surface area contributed by atoms with Crippen molar-refractivity contribution < 1.29 is 13.9 Å². The zero-order chi connectivity index (χ0) is 19.5. The predicted molar refractivity (Wildman–Crippen MR) is 112 cm³/mol. The van der Waals surface area contributed by atoms with Gasteiger partial charge in [0.05, 0.1) is 5.56 Å². The van der Waals surface area contributed by atoms with E-state index in [1.165, 1.54) is 0 Å². The molecule has 0 atom stereocenters. The van der Waals surface area contributed by atoms with E-state index in [4.69, 9.17) is 9.15 Å². The molecule has 0 aliphatic rings. The molecule has 28 heavy (non-hydrogen) atoms. The molecule has 1 N–H and O–H groups in total. The number of ether oxygens (including phenoxy) is 1. The summed E-state index contributed by atoms with van der Waals surface area (Å²) >= 11 is 3.51. The van der Waals surface area contributed by atoms with Crippen molar-refractivity contribution >= 4 is 38.6 Å². The van der Waals surface area contributed by atoms with Gasteiger partial charge in [-0.15, -0.1) is 0 Å². The second kappa shape index (κ2) is 7.86. The van der Waals surface area contributed by atoms with Crippen LogP contribution in [0, 0.1) is 6.92 Å². The van der Waals surface area contributed by atoms with E-state index >= 15 is 0 Å². The minimum Gasteiger partial charge on any atom is -0.483 e.